The highest BCUT2D eigenvalue weighted by Crippen LogP contribution is 2.18. The van der Waals surface area contributed by atoms with Crippen LogP contribution in [0.4, 0.5) is 0 Å². The predicted molar refractivity (Wildman–Crippen MR) is 75.1 cm³/mol. The van der Waals surface area contributed by atoms with Crippen LogP contribution in [0.3, 0.4) is 0 Å². The summed E-state index contributed by atoms with van der Waals surface area (Å²) in [7, 11) is 0. The van der Waals surface area contributed by atoms with Gasteiger partial charge in [-0.1, -0.05) is 12.1 Å². The lowest BCUT2D eigenvalue weighted by Crippen LogP contribution is -2.48. The van der Waals surface area contributed by atoms with Crippen molar-refractivity contribution in [1.29, 1.82) is 0 Å². The molecule has 1 saturated heterocycles. The number of carbonyl (C=O) groups is 1. The molecule has 0 aliphatic carbocycles. The highest BCUT2D eigenvalue weighted by Gasteiger charge is 2.28. The van der Waals surface area contributed by atoms with Crippen LogP contribution >= 0.6 is 0 Å². The van der Waals surface area contributed by atoms with Crippen molar-refractivity contribution < 1.29 is 9.53 Å². The SMILES string of the molecule is C[C@H]1CN(C(=O)c2ccccc2-n2cnnn2)C[C@H](C)O1. The van der Waals surface area contributed by atoms with Crippen LogP contribution in [0.2, 0.25) is 0 Å². The smallest absolute Gasteiger partial charge is 0.256 e. The van der Waals surface area contributed by atoms with Gasteiger partial charge in [-0.2, -0.15) is 4.68 Å². The fourth-order valence-electron chi connectivity index (χ4n) is 2.64. The zero-order valence-corrected chi connectivity index (χ0v) is 12.0. The molecule has 0 bridgehead atoms. The second kappa shape index (κ2) is 5.61. The van der Waals surface area contributed by atoms with E-state index in [-0.39, 0.29) is 18.1 Å². The molecular formula is C14H17N5O2. The quantitative estimate of drug-likeness (QED) is 0.821. The van der Waals surface area contributed by atoms with E-state index in [0.29, 0.717) is 24.3 Å². The molecule has 7 heteroatoms. The van der Waals surface area contributed by atoms with E-state index in [1.54, 1.807) is 6.07 Å². The van der Waals surface area contributed by atoms with E-state index >= 15 is 0 Å². The molecule has 1 aliphatic rings. The van der Waals surface area contributed by atoms with Gasteiger partial charge in [-0.25, -0.2) is 0 Å². The number of hydrogen-bond donors (Lipinski definition) is 0. The number of hydrogen-bond acceptors (Lipinski definition) is 5. The molecule has 0 saturated carbocycles. The maximum atomic E-state index is 12.8. The van der Waals surface area contributed by atoms with Crippen LogP contribution in [0.5, 0.6) is 0 Å². The number of para-hydroxylation sites is 1. The molecule has 1 aliphatic heterocycles. The Morgan fingerprint density at radius 3 is 2.62 bits per heavy atom. The van der Waals surface area contributed by atoms with Gasteiger partial charge in [0, 0.05) is 13.1 Å². The molecule has 3 rings (SSSR count). The summed E-state index contributed by atoms with van der Waals surface area (Å²) in [6.07, 6.45) is 1.56. The van der Waals surface area contributed by atoms with Crippen LogP contribution in [0.1, 0.15) is 24.2 Å². The second-order valence-corrected chi connectivity index (χ2v) is 5.24. The van der Waals surface area contributed by atoms with Gasteiger partial charge in [-0.15, -0.1) is 5.10 Å². The summed E-state index contributed by atoms with van der Waals surface area (Å²) in [5.41, 5.74) is 1.27. The Morgan fingerprint density at radius 2 is 1.95 bits per heavy atom. The number of amides is 1. The van der Waals surface area contributed by atoms with Gasteiger partial charge in [0.2, 0.25) is 0 Å². The molecule has 0 N–H and O–H groups in total. The van der Waals surface area contributed by atoms with Crippen LogP contribution in [-0.4, -0.2) is 56.3 Å². The molecule has 2 heterocycles. The van der Waals surface area contributed by atoms with Gasteiger partial charge in [-0.05, 0) is 36.4 Å². The van der Waals surface area contributed by atoms with Crippen LogP contribution < -0.4 is 0 Å². The Bertz CT molecular complexity index is 618. The zero-order valence-electron chi connectivity index (χ0n) is 12.0. The van der Waals surface area contributed by atoms with Crippen LogP contribution in [-0.2, 0) is 4.74 Å². The van der Waals surface area contributed by atoms with E-state index in [1.807, 2.05) is 36.9 Å². The average Bonchev–Trinajstić information content (AvgIpc) is 2.99. The second-order valence-electron chi connectivity index (χ2n) is 5.24. The minimum Gasteiger partial charge on any atom is -0.372 e. The molecule has 110 valence electrons. The molecule has 1 aromatic heterocycles. The fraction of sp³-hybridized carbons (Fsp3) is 0.429. The highest BCUT2D eigenvalue weighted by atomic mass is 16.5. The molecular weight excluding hydrogens is 270 g/mol. The average molecular weight is 287 g/mol. The predicted octanol–water partition coefficient (Wildman–Crippen LogP) is 0.912. The van der Waals surface area contributed by atoms with E-state index in [9.17, 15) is 4.79 Å². The molecule has 2 aromatic rings. The molecule has 0 spiro atoms. The molecule has 0 radical (unpaired) electrons. The number of benzene rings is 1. The van der Waals surface area contributed by atoms with Gasteiger partial charge in [0.15, 0.2) is 0 Å². The topological polar surface area (TPSA) is 73.1 Å². The number of rotatable bonds is 2. The van der Waals surface area contributed by atoms with Crippen LogP contribution in [0.15, 0.2) is 30.6 Å². The monoisotopic (exact) mass is 287 g/mol. The van der Waals surface area contributed by atoms with Crippen molar-refractivity contribution in [1.82, 2.24) is 25.1 Å². The van der Waals surface area contributed by atoms with E-state index in [2.05, 4.69) is 15.5 Å². The van der Waals surface area contributed by atoms with Crippen molar-refractivity contribution in [3.63, 3.8) is 0 Å². The molecule has 1 aromatic carbocycles. The van der Waals surface area contributed by atoms with E-state index in [1.165, 1.54) is 11.0 Å². The van der Waals surface area contributed by atoms with Gasteiger partial charge in [0.1, 0.15) is 6.33 Å². The van der Waals surface area contributed by atoms with Crippen LogP contribution in [0.25, 0.3) is 5.69 Å². The third-order valence-electron chi connectivity index (χ3n) is 3.44. The summed E-state index contributed by atoms with van der Waals surface area (Å²) >= 11 is 0. The minimum absolute atomic E-state index is 0.0249. The Morgan fingerprint density at radius 1 is 1.24 bits per heavy atom. The number of tetrazole rings is 1. The third kappa shape index (κ3) is 2.78. The Hall–Kier alpha value is -2.28. The van der Waals surface area contributed by atoms with Crippen molar-refractivity contribution in [2.24, 2.45) is 0 Å². The van der Waals surface area contributed by atoms with Gasteiger partial charge in [0.05, 0.1) is 23.5 Å². The Kier molecular flexibility index (Phi) is 3.66. The lowest BCUT2D eigenvalue weighted by atomic mass is 10.1. The van der Waals surface area contributed by atoms with Gasteiger partial charge >= 0.3 is 0 Å². The summed E-state index contributed by atoms with van der Waals surface area (Å²) in [6, 6.07) is 7.33. The molecule has 7 nitrogen and oxygen atoms in total. The van der Waals surface area contributed by atoms with Crippen molar-refractivity contribution in [3.05, 3.63) is 36.2 Å². The van der Waals surface area contributed by atoms with E-state index in [4.69, 9.17) is 4.74 Å². The maximum Gasteiger partial charge on any atom is 0.256 e. The van der Waals surface area contributed by atoms with Crippen molar-refractivity contribution >= 4 is 5.91 Å². The van der Waals surface area contributed by atoms with E-state index < -0.39 is 0 Å². The first-order chi connectivity index (χ1) is 10.1. The molecule has 1 amide bonds. The number of nitrogens with zero attached hydrogens (tertiary/aromatic N) is 5. The summed E-state index contributed by atoms with van der Waals surface area (Å²) in [6.45, 7) is 5.13. The first kappa shape index (κ1) is 13.7. The largest absolute Gasteiger partial charge is 0.372 e. The lowest BCUT2D eigenvalue weighted by molar-refractivity contribution is -0.0586. The molecule has 0 unspecified atom stereocenters. The van der Waals surface area contributed by atoms with Gasteiger partial charge < -0.3 is 9.64 Å². The maximum absolute atomic E-state index is 12.8. The normalized spacial score (nSPS) is 22.3. The first-order valence-electron chi connectivity index (χ1n) is 6.92. The molecule has 2 atom stereocenters. The summed E-state index contributed by atoms with van der Waals surface area (Å²) in [4.78, 5) is 14.6. The van der Waals surface area contributed by atoms with Gasteiger partial charge in [-0.3, -0.25) is 4.79 Å². The summed E-state index contributed by atoms with van der Waals surface area (Å²) < 4.78 is 7.17. The van der Waals surface area contributed by atoms with Crippen molar-refractivity contribution in [2.45, 2.75) is 26.1 Å². The van der Waals surface area contributed by atoms with Crippen LogP contribution in [0, 0.1) is 0 Å². The lowest BCUT2D eigenvalue weighted by Gasteiger charge is -2.35. The number of carbonyl (C=O) groups excluding carboxylic acids is 1. The van der Waals surface area contributed by atoms with Gasteiger partial charge in [0.25, 0.3) is 5.91 Å². The van der Waals surface area contributed by atoms with Crippen molar-refractivity contribution in [3.8, 4) is 5.69 Å². The number of aromatic nitrogens is 4. The molecule has 1 fully saturated rings. The fourth-order valence-corrected chi connectivity index (χ4v) is 2.64. The third-order valence-corrected chi connectivity index (χ3v) is 3.44. The Labute approximate surface area is 122 Å². The summed E-state index contributed by atoms with van der Waals surface area (Å²) in [5.74, 6) is -0.0249. The molecule has 21 heavy (non-hydrogen) atoms. The number of ether oxygens (including phenoxy) is 1. The zero-order chi connectivity index (χ0) is 14.8. The minimum atomic E-state index is -0.0249. The number of morpholine rings is 1. The Balaban J connectivity index is 1.92. The standard InChI is InChI=1S/C14H17N5O2/c1-10-7-18(8-11(2)21-10)14(20)12-5-3-4-6-13(12)19-9-15-16-17-19/h3-6,9-11H,7-8H2,1-2H3/t10-,11-/m0/s1. The first-order valence-corrected chi connectivity index (χ1v) is 6.92. The van der Waals surface area contributed by atoms with Crippen molar-refractivity contribution in [2.75, 3.05) is 13.1 Å². The highest BCUT2D eigenvalue weighted by molar-refractivity contribution is 5.97. The van der Waals surface area contributed by atoms with E-state index in [0.717, 1.165) is 0 Å². The summed E-state index contributed by atoms with van der Waals surface area (Å²) in [5, 5.41) is 11.1.